The lowest BCUT2D eigenvalue weighted by Gasteiger charge is -2.36. The van der Waals surface area contributed by atoms with Crippen LogP contribution in [0.4, 0.5) is 29.3 Å². The van der Waals surface area contributed by atoms with Crippen LogP contribution in [-0.4, -0.2) is 38.9 Å². The zero-order valence-corrected chi connectivity index (χ0v) is 21.2. The van der Waals surface area contributed by atoms with E-state index in [-0.39, 0.29) is 28.6 Å². The maximum Gasteiger partial charge on any atom is 0.427 e. The van der Waals surface area contributed by atoms with Crippen molar-refractivity contribution in [3.8, 4) is 11.8 Å². The van der Waals surface area contributed by atoms with Gasteiger partial charge in [0.05, 0.1) is 28.6 Å². The standard InChI is InChI=1S/C25H26F3N3O5S/c1-16-4-7-19(8-5-16)37(33,34)31-14-18(13-24(15-29)10-11-24)35-21-9-6-17(12-20(21)31)30-22(32)36-23(2,3)25(26,27)28/h4-9,12,18H,10-11,13-14H2,1-3H3,(H,30,32)/t18-/m0/s1. The molecule has 12 heteroatoms. The molecule has 0 bridgehead atoms. The number of sulfonamides is 1. The Kier molecular flexibility index (Phi) is 6.56. The van der Waals surface area contributed by atoms with Crippen molar-refractivity contribution in [3.63, 3.8) is 0 Å². The highest BCUT2D eigenvalue weighted by atomic mass is 32.2. The third kappa shape index (κ3) is 5.46. The molecule has 4 rings (SSSR count). The van der Waals surface area contributed by atoms with Gasteiger partial charge in [-0.15, -0.1) is 0 Å². The second-order valence-electron chi connectivity index (χ2n) is 9.89. The highest BCUT2D eigenvalue weighted by molar-refractivity contribution is 7.92. The highest BCUT2D eigenvalue weighted by Crippen LogP contribution is 2.51. The predicted octanol–water partition coefficient (Wildman–Crippen LogP) is 5.53. The minimum atomic E-state index is -4.79. The molecule has 198 valence electrons. The van der Waals surface area contributed by atoms with Crippen molar-refractivity contribution in [3.05, 3.63) is 48.0 Å². The first-order valence-electron chi connectivity index (χ1n) is 11.5. The lowest BCUT2D eigenvalue weighted by atomic mass is 9.99. The topological polar surface area (TPSA) is 109 Å². The summed E-state index contributed by atoms with van der Waals surface area (Å²) in [5, 5.41) is 11.7. The number of rotatable bonds is 6. The first kappa shape index (κ1) is 26.6. The van der Waals surface area contributed by atoms with E-state index < -0.39 is 39.4 Å². The van der Waals surface area contributed by atoms with Gasteiger partial charge in [-0.1, -0.05) is 17.7 Å². The summed E-state index contributed by atoms with van der Waals surface area (Å²) in [6, 6.07) is 12.7. The van der Waals surface area contributed by atoms with Gasteiger partial charge >= 0.3 is 12.3 Å². The number of nitrogens with zero attached hydrogens (tertiary/aromatic N) is 2. The van der Waals surface area contributed by atoms with Gasteiger partial charge in [0, 0.05) is 12.1 Å². The number of carbonyl (C=O) groups excluding carboxylic acids is 1. The van der Waals surface area contributed by atoms with Gasteiger partial charge < -0.3 is 9.47 Å². The number of alkyl halides is 3. The summed E-state index contributed by atoms with van der Waals surface area (Å²) >= 11 is 0. The normalized spacial score (nSPS) is 18.7. The lowest BCUT2D eigenvalue weighted by Crippen LogP contribution is -2.45. The number of hydrogen-bond donors (Lipinski definition) is 1. The molecule has 1 atom stereocenters. The maximum atomic E-state index is 13.7. The van der Waals surface area contributed by atoms with Crippen LogP contribution in [0.5, 0.6) is 5.75 Å². The zero-order chi connectivity index (χ0) is 27.2. The summed E-state index contributed by atoms with van der Waals surface area (Å²) < 4.78 is 78.3. The molecule has 1 amide bonds. The number of nitriles is 1. The van der Waals surface area contributed by atoms with Crippen molar-refractivity contribution in [1.82, 2.24) is 0 Å². The minimum absolute atomic E-state index is 0.0172. The number of anilines is 2. The van der Waals surface area contributed by atoms with Gasteiger partial charge in [0.25, 0.3) is 10.0 Å². The first-order valence-corrected chi connectivity index (χ1v) is 13.0. The second kappa shape index (κ2) is 9.13. The van der Waals surface area contributed by atoms with E-state index in [4.69, 9.17) is 4.74 Å². The number of fused-ring (bicyclic) bond motifs is 1. The fourth-order valence-corrected chi connectivity index (χ4v) is 5.44. The second-order valence-corrected chi connectivity index (χ2v) is 11.8. The van der Waals surface area contributed by atoms with Crippen molar-refractivity contribution in [2.75, 3.05) is 16.2 Å². The van der Waals surface area contributed by atoms with Crippen LogP contribution in [0.15, 0.2) is 47.4 Å². The fourth-order valence-electron chi connectivity index (χ4n) is 3.94. The van der Waals surface area contributed by atoms with Crippen LogP contribution >= 0.6 is 0 Å². The molecule has 0 saturated heterocycles. The third-order valence-electron chi connectivity index (χ3n) is 6.49. The van der Waals surface area contributed by atoms with E-state index in [9.17, 15) is 31.6 Å². The number of ether oxygens (including phenoxy) is 2. The van der Waals surface area contributed by atoms with E-state index in [1.165, 1.54) is 30.3 Å². The summed E-state index contributed by atoms with van der Waals surface area (Å²) in [7, 11) is -4.08. The van der Waals surface area contributed by atoms with Crippen LogP contribution in [-0.2, 0) is 14.8 Å². The van der Waals surface area contributed by atoms with Crippen LogP contribution in [0, 0.1) is 23.7 Å². The van der Waals surface area contributed by atoms with Crippen molar-refractivity contribution in [2.24, 2.45) is 5.41 Å². The van der Waals surface area contributed by atoms with Gasteiger partial charge in [-0.25, -0.2) is 13.2 Å². The van der Waals surface area contributed by atoms with E-state index in [2.05, 4.69) is 16.1 Å². The molecule has 0 radical (unpaired) electrons. The molecule has 1 aliphatic carbocycles. The Labute approximate surface area is 213 Å². The molecule has 1 fully saturated rings. The summed E-state index contributed by atoms with van der Waals surface area (Å²) in [6.45, 7) is 3.18. The van der Waals surface area contributed by atoms with E-state index in [0.717, 1.165) is 23.7 Å². The molecule has 1 N–H and O–H groups in total. The molecule has 2 aliphatic rings. The van der Waals surface area contributed by atoms with Gasteiger partial charge in [-0.2, -0.15) is 18.4 Å². The van der Waals surface area contributed by atoms with Crippen LogP contribution in [0.2, 0.25) is 0 Å². The molecule has 2 aromatic rings. The van der Waals surface area contributed by atoms with Crippen molar-refractivity contribution in [1.29, 1.82) is 5.26 Å². The molecule has 1 aliphatic heterocycles. The molecule has 0 spiro atoms. The van der Waals surface area contributed by atoms with E-state index in [1.54, 1.807) is 12.1 Å². The van der Waals surface area contributed by atoms with E-state index in [0.29, 0.717) is 19.3 Å². The van der Waals surface area contributed by atoms with Gasteiger partial charge in [0.1, 0.15) is 11.9 Å². The van der Waals surface area contributed by atoms with E-state index >= 15 is 0 Å². The van der Waals surface area contributed by atoms with Crippen molar-refractivity contribution in [2.45, 2.75) is 62.8 Å². The molecule has 8 nitrogen and oxygen atoms in total. The number of carbonyl (C=O) groups is 1. The summed E-state index contributed by atoms with van der Waals surface area (Å²) in [6.07, 6.45) is -4.97. The minimum Gasteiger partial charge on any atom is -0.486 e. The van der Waals surface area contributed by atoms with Gasteiger partial charge in [-0.05, 0) is 63.9 Å². The summed E-state index contributed by atoms with van der Waals surface area (Å²) in [5.41, 5.74) is -2.29. The fraction of sp³-hybridized carbons (Fsp3) is 0.440. The molecular weight excluding hydrogens is 511 g/mol. The third-order valence-corrected chi connectivity index (χ3v) is 8.28. The Morgan fingerprint density at radius 1 is 1.22 bits per heavy atom. The first-order chi connectivity index (χ1) is 17.2. The van der Waals surface area contributed by atoms with Crippen molar-refractivity contribution >= 4 is 27.5 Å². The smallest absolute Gasteiger partial charge is 0.427 e. The quantitative estimate of drug-likeness (QED) is 0.519. The SMILES string of the molecule is Cc1ccc(S(=O)(=O)N2C[C@H](CC3(C#N)CC3)Oc3ccc(NC(=O)OC(C)(C)C(F)(F)F)cc32)cc1. The van der Waals surface area contributed by atoms with Gasteiger partial charge in [-0.3, -0.25) is 9.62 Å². The van der Waals surface area contributed by atoms with E-state index in [1.807, 2.05) is 6.92 Å². The average molecular weight is 538 g/mol. The lowest BCUT2D eigenvalue weighted by molar-refractivity contribution is -0.242. The molecule has 1 heterocycles. The molecule has 2 aromatic carbocycles. The summed E-state index contributed by atoms with van der Waals surface area (Å²) in [5.74, 6) is 0.204. The van der Waals surface area contributed by atoms with Gasteiger partial charge in [0.15, 0.2) is 0 Å². The summed E-state index contributed by atoms with van der Waals surface area (Å²) in [4.78, 5) is 12.2. The molecular formula is C25H26F3N3O5S. The highest BCUT2D eigenvalue weighted by Gasteiger charge is 2.51. The number of aryl methyl sites for hydroxylation is 1. The molecule has 37 heavy (non-hydrogen) atoms. The number of hydrogen-bond acceptors (Lipinski definition) is 6. The average Bonchev–Trinajstić information content (AvgIpc) is 3.57. The number of nitrogens with one attached hydrogen (secondary N) is 1. The molecule has 0 unspecified atom stereocenters. The monoisotopic (exact) mass is 537 g/mol. The Bertz CT molecular complexity index is 1350. The van der Waals surface area contributed by atoms with Crippen molar-refractivity contribution < 1.29 is 35.9 Å². The number of halogens is 3. The maximum absolute atomic E-state index is 13.7. The predicted molar refractivity (Wildman–Crippen MR) is 129 cm³/mol. The molecule has 0 aromatic heterocycles. The zero-order valence-electron chi connectivity index (χ0n) is 20.4. The molecule has 1 saturated carbocycles. The van der Waals surface area contributed by atoms with Crippen LogP contribution in [0.1, 0.15) is 38.7 Å². The van der Waals surface area contributed by atoms with Crippen LogP contribution < -0.4 is 14.4 Å². The van der Waals surface area contributed by atoms with Gasteiger partial charge in [0.2, 0.25) is 5.60 Å². The number of amides is 1. The number of benzene rings is 2. The Hall–Kier alpha value is -3.46. The Morgan fingerprint density at radius 2 is 1.86 bits per heavy atom. The largest absolute Gasteiger partial charge is 0.486 e. The van der Waals surface area contributed by atoms with Crippen LogP contribution in [0.3, 0.4) is 0 Å². The van der Waals surface area contributed by atoms with Crippen LogP contribution in [0.25, 0.3) is 0 Å². The Balaban J connectivity index is 1.66. The Morgan fingerprint density at radius 3 is 2.43 bits per heavy atom.